The topological polar surface area (TPSA) is 54.0 Å². The lowest BCUT2D eigenvalue weighted by molar-refractivity contribution is 0.0728. The molecule has 0 saturated carbocycles. The van der Waals surface area contributed by atoms with Gasteiger partial charge in [-0.2, -0.15) is 0 Å². The zero-order chi connectivity index (χ0) is 29.4. The molecule has 0 unspecified atom stereocenters. The molecule has 210 valence electrons. The summed E-state index contributed by atoms with van der Waals surface area (Å²) in [6.07, 6.45) is 0. The molecule has 0 amide bonds. The minimum absolute atomic E-state index is 0.304. The average Bonchev–Trinajstić information content (AvgIpc) is 3.33. The van der Waals surface area contributed by atoms with Gasteiger partial charge in [-0.1, -0.05) is 66.7 Å². The lowest BCUT2D eigenvalue weighted by atomic mass is 9.67. The van der Waals surface area contributed by atoms with Crippen molar-refractivity contribution in [3.63, 3.8) is 0 Å². The first-order valence-electron chi connectivity index (χ1n) is 13.2. The average molecular weight is 686 g/mol. The van der Waals surface area contributed by atoms with Gasteiger partial charge in [0.1, 0.15) is 0 Å². The second-order valence-electron chi connectivity index (χ2n) is 9.78. The molecule has 5 aromatic carbocycles. The van der Waals surface area contributed by atoms with Crippen LogP contribution in [-0.2, 0) is 5.41 Å². The van der Waals surface area contributed by atoms with Gasteiger partial charge in [-0.15, -0.1) is 0 Å². The smallest absolute Gasteiger partial charge is 0.343 e. The van der Waals surface area contributed by atoms with Gasteiger partial charge in [-0.3, -0.25) is 0 Å². The molecule has 0 N–H and O–H groups in total. The van der Waals surface area contributed by atoms with Crippen LogP contribution in [0.3, 0.4) is 0 Å². The molecular formula is C35H26Br2O5. The number of carbonyl (C=O) groups excluding carboxylic acids is 1. The van der Waals surface area contributed by atoms with Gasteiger partial charge < -0.3 is 18.9 Å². The van der Waals surface area contributed by atoms with E-state index in [1.807, 2.05) is 24.3 Å². The predicted molar refractivity (Wildman–Crippen MR) is 170 cm³/mol. The number of rotatable bonds is 7. The maximum atomic E-state index is 13.0. The monoisotopic (exact) mass is 684 g/mol. The van der Waals surface area contributed by atoms with Gasteiger partial charge in [0.2, 0.25) is 0 Å². The summed E-state index contributed by atoms with van der Waals surface area (Å²) in [5.41, 5.74) is 6.03. The van der Waals surface area contributed by atoms with E-state index in [0.29, 0.717) is 33.0 Å². The van der Waals surface area contributed by atoms with Crippen molar-refractivity contribution in [1.29, 1.82) is 0 Å². The van der Waals surface area contributed by atoms with Crippen LogP contribution in [0.4, 0.5) is 0 Å². The molecule has 0 fully saturated rings. The second-order valence-corrected chi connectivity index (χ2v) is 11.5. The summed E-state index contributed by atoms with van der Waals surface area (Å²) in [6.45, 7) is 0. The summed E-state index contributed by atoms with van der Waals surface area (Å²) in [6, 6.07) is 33.7. The van der Waals surface area contributed by atoms with Crippen LogP contribution in [0.1, 0.15) is 32.6 Å². The van der Waals surface area contributed by atoms with Crippen LogP contribution in [0.5, 0.6) is 23.0 Å². The highest BCUT2D eigenvalue weighted by atomic mass is 79.9. The van der Waals surface area contributed by atoms with Gasteiger partial charge in [0.25, 0.3) is 0 Å². The van der Waals surface area contributed by atoms with Crippen LogP contribution >= 0.6 is 31.9 Å². The van der Waals surface area contributed by atoms with Crippen LogP contribution in [0.2, 0.25) is 0 Å². The largest absolute Gasteiger partial charge is 0.493 e. The van der Waals surface area contributed by atoms with E-state index in [0.717, 1.165) is 37.9 Å². The minimum Gasteiger partial charge on any atom is -0.493 e. The Kier molecular flexibility index (Phi) is 7.56. The number of ether oxygens (including phenoxy) is 4. The maximum absolute atomic E-state index is 13.0. The molecule has 0 spiro atoms. The number of halogens is 2. The molecular weight excluding hydrogens is 660 g/mol. The van der Waals surface area contributed by atoms with Crippen LogP contribution in [0.25, 0.3) is 11.1 Å². The maximum Gasteiger partial charge on any atom is 0.343 e. The molecule has 0 saturated heterocycles. The highest BCUT2D eigenvalue weighted by Crippen LogP contribution is 2.58. The first kappa shape index (κ1) is 28.1. The molecule has 0 aliphatic heterocycles. The van der Waals surface area contributed by atoms with Crippen molar-refractivity contribution >= 4 is 37.8 Å². The molecule has 6 rings (SSSR count). The van der Waals surface area contributed by atoms with Gasteiger partial charge >= 0.3 is 5.97 Å². The molecule has 0 atom stereocenters. The number of benzene rings is 5. The highest BCUT2D eigenvalue weighted by molar-refractivity contribution is 9.11. The normalized spacial score (nSPS) is 12.7. The molecule has 1 aliphatic rings. The van der Waals surface area contributed by atoms with Gasteiger partial charge in [0, 0.05) is 0 Å². The second kappa shape index (κ2) is 11.3. The van der Waals surface area contributed by atoms with E-state index in [2.05, 4.69) is 86.5 Å². The fraction of sp³-hybridized carbons (Fsp3) is 0.114. The Hall–Kier alpha value is -4.07. The lowest BCUT2D eigenvalue weighted by Crippen LogP contribution is -2.29. The third-order valence-corrected chi connectivity index (χ3v) is 8.86. The van der Waals surface area contributed by atoms with Crippen molar-refractivity contribution in [3.8, 4) is 34.1 Å². The summed E-state index contributed by atoms with van der Waals surface area (Å²) < 4.78 is 24.6. The fourth-order valence-corrected chi connectivity index (χ4v) is 7.05. The molecule has 1 aliphatic carbocycles. The van der Waals surface area contributed by atoms with E-state index in [4.69, 9.17) is 18.9 Å². The van der Waals surface area contributed by atoms with Crippen LogP contribution in [0.15, 0.2) is 112 Å². The van der Waals surface area contributed by atoms with Crippen molar-refractivity contribution < 1.29 is 23.7 Å². The Morgan fingerprint density at radius 1 is 0.595 bits per heavy atom. The number of methoxy groups -OCH3 is 3. The van der Waals surface area contributed by atoms with Gasteiger partial charge in [0.15, 0.2) is 23.0 Å². The van der Waals surface area contributed by atoms with Crippen molar-refractivity contribution in [2.45, 2.75) is 5.41 Å². The van der Waals surface area contributed by atoms with E-state index in [9.17, 15) is 4.79 Å². The first-order valence-corrected chi connectivity index (χ1v) is 14.8. The fourth-order valence-electron chi connectivity index (χ4n) is 5.92. The van der Waals surface area contributed by atoms with E-state index < -0.39 is 11.4 Å². The quantitative estimate of drug-likeness (QED) is 0.124. The van der Waals surface area contributed by atoms with Gasteiger partial charge in [-0.05, 0) is 102 Å². The molecule has 42 heavy (non-hydrogen) atoms. The Morgan fingerprint density at radius 3 is 1.60 bits per heavy atom. The Morgan fingerprint density at radius 2 is 1.07 bits per heavy atom. The standard InChI is InChI=1S/C35H26Br2O5/c1-39-30-19-22(17-28(36)32(30)41-3)35(26-15-9-7-13-24(26)25-14-8-10-16-27(25)35)23-18-29(37)33(31(20-23)40-2)42-34(38)21-11-5-4-6-12-21/h4-20H,1-3H3. The zero-order valence-corrected chi connectivity index (χ0v) is 26.3. The van der Waals surface area contributed by atoms with Crippen LogP contribution < -0.4 is 18.9 Å². The van der Waals surface area contributed by atoms with E-state index in [1.165, 1.54) is 0 Å². The Balaban J connectivity index is 1.64. The summed E-state index contributed by atoms with van der Waals surface area (Å²) >= 11 is 7.45. The number of fused-ring (bicyclic) bond motifs is 3. The number of esters is 1. The summed E-state index contributed by atoms with van der Waals surface area (Å²) in [5, 5.41) is 0. The zero-order valence-electron chi connectivity index (χ0n) is 23.1. The van der Waals surface area contributed by atoms with Crippen molar-refractivity contribution in [1.82, 2.24) is 0 Å². The summed E-state index contributed by atoms with van der Waals surface area (Å²) in [7, 11) is 4.82. The molecule has 5 nitrogen and oxygen atoms in total. The SMILES string of the molecule is COc1cc(C2(c3cc(Br)c(OC(=O)c4ccccc4)c(OC)c3)c3ccccc3-c3ccccc32)cc(Br)c1OC. The summed E-state index contributed by atoms with van der Waals surface area (Å²) in [5.74, 6) is 1.46. The molecule has 0 aromatic heterocycles. The van der Waals surface area contributed by atoms with Crippen molar-refractivity contribution in [3.05, 3.63) is 140 Å². The minimum atomic E-state index is -0.771. The third kappa shape index (κ3) is 4.39. The lowest BCUT2D eigenvalue weighted by Gasteiger charge is -2.35. The van der Waals surface area contributed by atoms with Crippen LogP contribution in [-0.4, -0.2) is 27.3 Å². The number of hydrogen-bond acceptors (Lipinski definition) is 5. The molecule has 0 heterocycles. The van der Waals surface area contributed by atoms with Crippen LogP contribution in [0, 0.1) is 0 Å². The molecule has 5 aromatic rings. The van der Waals surface area contributed by atoms with Gasteiger partial charge in [0.05, 0.1) is 41.3 Å². The number of hydrogen-bond donors (Lipinski definition) is 0. The summed E-state index contributed by atoms with van der Waals surface area (Å²) in [4.78, 5) is 13.0. The molecule has 0 radical (unpaired) electrons. The number of carbonyl (C=O) groups is 1. The molecule has 0 bridgehead atoms. The van der Waals surface area contributed by atoms with Gasteiger partial charge in [-0.25, -0.2) is 4.79 Å². The highest BCUT2D eigenvalue weighted by Gasteiger charge is 2.47. The van der Waals surface area contributed by atoms with E-state index in [1.54, 1.807) is 45.6 Å². The Bertz CT molecular complexity index is 1770. The molecule has 7 heteroatoms. The first-order chi connectivity index (χ1) is 20.4. The Labute approximate surface area is 261 Å². The van der Waals surface area contributed by atoms with E-state index in [-0.39, 0.29) is 0 Å². The third-order valence-electron chi connectivity index (χ3n) is 7.69. The van der Waals surface area contributed by atoms with Crippen molar-refractivity contribution in [2.24, 2.45) is 0 Å². The van der Waals surface area contributed by atoms with E-state index >= 15 is 0 Å². The van der Waals surface area contributed by atoms with Crippen molar-refractivity contribution in [2.75, 3.05) is 21.3 Å². The predicted octanol–water partition coefficient (Wildman–Crippen LogP) is 8.82.